The van der Waals surface area contributed by atoms with Gasteiger partial charge in [0.1, 0.15) is 0 Å². The molecule has 0 radical (unpaired) electrons. The predicted octanol–water partition coefficient (Wildman–Crippen LogP) is 2.03. The van der Waals surface area contributed by atoms with Crippen molar-refractivity contribution in [3.05, 3.63) is 28.8 Å². The largest absolute Gasteiger partial charge is 0.469 e. The number of rotatable bonds is 3. The van der Waals surface area contributed by atoms with Gasteiger partial charge in [-0.05, 0) is 18.1 Å². The smallest absolute Gasteiger partial charge is 0.305 e. The molecule has 0 fully saturated rings. The van der Waals surface area contributed by atoms with E-state index >= 15 is 0 Å². The van der Waals surface area contributed by atoms with Gasteiger partial charge in [-0.15, -0.1) is 0 Å². The van der Waals surface area contributed by atoms with Gasteiger partial charge >= 0.3 is 5.97 Å². The van der Waals surface area contributed by atoms with E-state index < -0.39 is 0 Å². The maximum atomic E-state index is 10.9. The molecule has 0 aliphatic carbocycles. The summed E-state index contributed by atoms with van der Waals surface area (Å²) in [5.41, 5.74) is 7.02. The number of aryl methyl sites for hydroxylation is 1. The third-order valence-corrected chi connectivity index (χ3v) is 2.40. The van der Waals surface area contributed by atoms with E-state index in [0.717, 1.165) is 5.56 Å². The average Bonchev–Trinajstić information content (AvgIpc) is 2.20. The summed E-state index contributed by atoms with van der Waals surface area (Å²) >= 11 is 5.94. The van der Waals surface area contributed by atoms with Gasteiger partial charge in [0.05, 0.1) is 17.8 Å². The monoisotopic (exact) mass is 213 g/mol. The molecule has 14 heavy (non-hydrogen) atoms. The quantitative estimate of drug-likeness (QED) is 0.618. The van der Waals surface area contributed by atoms with E-state index in [4.69, 9.17) is 17.3 Å². The van der Waals surface area contributed by atoms with Crippen molar-refractivity contribution in [1.29, 1.82) is 0 Å². The van der Waals surface area contributed by atoms with E-state index in [-0.39, 0.29) is 5.97 Å². The van der Waals surface area contributed by atoms with E-state index in [1.165, 1.54) is 7.11 Å². The van der Waals surface area contributed by atoms with E-state index in [0.29, 0.717) is 23.6 Å². The van der Waals surface area contributed by atoms with Crippen LogP contribution in [0.5, 0.6) is 0 Å². The van der Waals surface area contributed by atoms with E-state index in [1.807, 2.05) is 12.1 Å². The molecule has 1 rings (SSSR count). The molecule has 0 amide bonds. The molecular formula is C10H12ClNO2. The third-order valence-electron chi connectivity index (χ3n) is 1.93. The van der Waals surface area contributed by atoms with Crippen molar-refractivity contribution in [2.24, 2.45) is 0 Å². The van der Waals surface area contributed by atoms with Gasteiger partial charge in [-0.3, -0.25) is 4.79 Å². The summed E-state index contributed by atoms with van der Waals surface area (Å²) in [5.74, 6) is -0.247. The average molecular weight is 214 g/mol. The zero-order valence-electron chi connectivity index (χ0n) is 7.92. The Bertz CT molecular complexity index is 339. The highest BCUT2D eigenvalue weighted by molar-refractivity contribution is 6.33. The number of ether oxygens (including phenoxy) is 1. The van der Waals surface area contributed by atoms with Crippen LogP contribution in [0.3, 0.4) is 0 Å². The van der Waals surface area contributed by atoms with Crippen LogP contribution in [0.4, 0.5) is 5.69 Å². The van der Waals surface area contributed by atoms with Crippen LogP contribution >= 0.6 is 11.6 Å². The van der Waals surface area contributed by atoms with Crippen molar-refractivity contribution in [1.82, 2.24) is 0 Å². The van der Waals surface area contributed by atoms with E-state index in [1.54, 1.807) is 6.07 Å². The van der Waals surface area contributed by atoms with Gasteiger partial charge < -0.3 is 10.5 Å². The fourth-order valence-electron chi connectivity index (χ4n) is 1.13. The SMILES string of the molecule is COC(=O)CCc1cccc(N)c1Cl. The molecule has 0 unspecified atom stereocenters. The molecule has 76 valence electrons. The summed E-state index contributed by atoms with van der Waals surface area (Å²) in [6, 6.07) is 5.39. The Balaban J connectivity index is 2.68. The van der Waals surface area contributed by atoms with Crippen LogP contribution in [-0.2, 0) is 16.0 Å². The molecule has 0 atom stereocenters. The zero-order chi connectivity index (χ0) is 10.6. The first-order valence-electron chi connectivity index (χ1n) is 4.25. The number of nitrogen functional groups attached to an aromatic ring is 1. The molecule has 0 saturated carbocycles. The Kier molecular flexibility index (Phi) is 3.77. The van der Waals surface area contributed by atoms with Crippen molar-refractivity contribution >= 4 is 23.3 Å². The molecule has 2 N–H and O–H groups in total. The maximum Gasteiger partial charge on any atom is 0.305 e. The summed E-state index contributed by atoms with van der Waals surface area (Å²) in [5, 5.41) is 0.524. The Hall–Kier alpha value is -1.22. The molecule has 0 heterocycles. The lowest BCUT2D eigenvalue weighted by molar-refractivity contribution is -0.140. The van der Waals surface area contributed by atoms with Crippen LogP contribution < -0.4 is 5.73 Å². The van der Waals surface area contributed by atoms with E-state index in [2.05, 4.69) is 4.74 Å². The minimum Gasteiger partial charge on any atom is -0.469 e. The van der Waals surface area contributed by atoms with Gasteiger partial charge in [-0.25, -0.2) is 0 Å². The van der Waals surface area contributed by atoms with Crippen molar-refractivity contribution in [2.45, 2.75) is 12.8 Å². The number of anilines is 1. The summed E-state index contributed by atoms with van der Waals surface area (Å²) in [6.45, 7) is 0. The summed E-state index contributed by atoms with van der Waals surface area (Å²) in [6.07, 6.45) is 0.871. The molecule has 3 nitrogen and oxygen atoms in total. The topological polar surface area (TPSA) is 52.3 Å². The Morgan fingerprint density at radius 1 is 1.57 bits per heavy atom. The summed E-state index contributed by atoms with van der Waals surface area (Å²) < 4.78 is 4.53. The van der Waals surface area contributed by atoms with Crippen molar-refractivity contribution in [2.75, 3.05) is 12.8 Å². The van der Waals surface area contributed by atoms with Crippen LogP contribution in [0.2, 0.25) is 5.02 Å². The molecule has 0 aliphatic rings. The number of hydrogen-bond acceptors (Lipinski definition) is 3. The number of nitrogens with two attached hydrogens (primary N) is 1. The zero-order valence-corrected chi connectivity index (χ0v) is 8.67. The van der Waals surface area contributed by atoms with Crippen LogP contribution in [0, 0.1) is 0 Å². The van der Waals surface area contributed by atoms with Crippen molar-refractivity contribution < 1.29 is 9.53 Å². The second-order valence-electron chi connectivity index (χ2n) is 2.90. The number of carbonyl (C=O) groups excluding carboxylic acids is 1. The minimum atomic E-state index is -0.247. The maximum absolute atomic E-state index is 10.9. The van der Waals surface area contributed by atoms with Crippen LogP contribution in [0.15, 0.2) is 18.2 Å². The highest BCUT2D eigenvalue weighted by atomic mass is 35.5. The number of methoxy groups -OCH3 is 1. The lowest BCUT2D eigenvalue weighted by Crippen LogP contribution is -2.02. The van der Waals surface area contributed by atoms with Gasteiger partial charge in [0.2, 0.25) is 0 Å². The van der Waals surface area contributed by atoms with Gasteiger partial charge in [0.15, 0.2) is 0 Å². The normalized spacial score (nSPS) is 9.86. The van der Waals surface area contributed by atoms with Gasteiger partial charge in [-0.1, -0.05) is 23.7 Å². The second kappa shape index (κ2) is 4.86. The fourth-order valence-corrected chi connectivity index (χ4v) is 1.35. The predicted molar refractivity (Wildman–Crippen MR) is 56.2 cm³/mol. The first kappa shape index (κ1) is 10.9. The lowest BCUT2D eigenvalue weighted by atomic mass is 10.1. The van der Waals surface area contributed by atoms with Gasteiger partial charge in [-0.2, -0.15) is 0 Å². The molecule has 0 aliphatic heterocycles. The van der Waals surface area contributed by atoms with Gasteiger partial charge in [0, 0.05) is 6.42 Å². The number of carbonyl (C=O) groups is 1. The Labute approximate surface area is 87.8 Å². The van der Waals surface area contributed by atoms with Crippen molar-refractivity contribution in [3.63, 3.8) is 0 Å². The molecule has 1 aromatic carbocycles. The first-order chi connectivity index (χ1) is 6.65. The molecule has 0 saturated heterocycles. The molecule has 0 bridgehead atoms. The Morgan fingerprint density at radius 2 is 2.29 bits per heavy atom. The van der Waals surface area contributed by atoms with Crippen LogP contribution in [0.25, 0.3) is 0 Å². The Morgan fingerprint density at radius 3 is 2.93 bits per heavy atom. The minimum absolute atomic E-state index is 0.247. The van der Waals surface area contributed by atoms with Gasteiger partial charge in [0.25, 0.3) is 0 Å². The number of hydrogen-bond donors (Lipinski definition) is 1. The molecular weight excluding hydrogens is 202 g/mol. The van der Waals surface area contributed by atoms with Crippen LogP contribution in [0.1, 0.15) is 12.0 Å². The highest BCUT2D eigenvalue weighted by Crippen LogP contribution is 2.23. The van der Waals surface area contributed by atoms with Crippen molar-refractivity contribution in [3.8, 4) is 0 Å². The fraction of sp³-hybridized carbons (Fsp3) is 0.300. The molecule has 4 heteroatoms. The lowest BCUT2D eigenvalue weighted by Gasteiger charge is -2.05. The molecule has 1 aromatic rings. The summed E-state index contributed by atoms with van der Waals surface area (Å²) in [7, 11) is 1.36. The standard InChI is InChI=1S/C10H12ClNO2/c1-14-9(13)6-5-7-3-2-4-8(12)10(7)11/h2-4H,5-6,12H2,1H3. The molecule has 0 spiro atoms. The number of esters is 1. The number of halogens is 1. The number of benzene rings is 1. The highest BCUT2D eigenvalue weighted by Gasteiger charge is 2.06. The molecule has 0 aromatic heterocycles. The van der Waals surface area contributed by atoms with E-state index in [9.17, 15) is 4.79 Å². The summed E-state index contributed by atoms with van der Waals surface area (Å²) in [4.78, 5) is 10.9. The first-order valence-corrected chi connectivity index (χ1v) is 4.62. The van der Waals surface area contributed by atoms with Crippen LogP contribution in [-0.4, -0.2) is 13.1 Å². The third kappa shape index (κ3) is 2.64. The second-order valence-corrected chi connectivity index (χ2v) is 3.27.